The highest BCUT2D eigenvalue weighted by molar-refractivity contribution is 5.32. The fraction of sp³-hybridized carbons (Fsp3) is 0.600. The van der Waals surface area contributed by atoms with Gasteiger partial charge in [0.1, 0.15) is 0 Å². The minimum absolute atomic E-state index is 0.167. The molecule has 0 amide bonds. The standard InChI is InChI=1S/C15H23F3N2/c1-4-11(5-2)20(3)14(10-19)12-8-6-7-9-13(12)15(16,17)18/h6-9,11,14H,4-5,10,19H2,1-3H3. The van der Waals surface area contributed by atoms with Crippen LogP contribution in [0.25, 0.3) is 0 Å². The topological polar surface area (TPSA) is 29.3 Å². The van der Waals surface area contributed by atoms with E-state index >= 15 is 0 Å². The first-order valence-electron chi connectivity index (χ1n) is 6.94. The lowest BCUT2D eigenvalue weighted by Crippen LogP contribution is -2.38. The van der Waals surface area contributed by atoms with Crippen LogP contribution in [-0.2, 0) is 6.18 Å². The Morgan fingerprint density at radius 3 is 2.15 bits per heavy atom. The number of benzene rings is 1. The normalized spacial score (nSPS) is 14.1. The summed E-state index contributed by atoms with van der Waals surface area (Å²) in [5.41, 5.74) is 5.43. The van der Waals surface area contributed by atoms with Crippen molar-refractivity contribution in [1.29, 1.82) is 0 Å². The molecule has 0 saturated carbocycles. The summed E-state index contributed by atoms with van der Waals surface area (Å²) >= 11 is 0. The van der Waals surface area contributed by atoms with Gasteiger partial charge in [-0.25, -0.2) is 0 Å². The average molecular weight is 288 g/mol. The molecular formula is C15H23F3N2. The summed E-state index contributed by atoms with van der Waals surface area (Å²) in [7, 11) is 1.85. The fourth-order valence-electron chi connectivity index (χ4n) is 2.68. The third-order valence-corrected chi connectivity index (χ3v) is 3.86. The minimum atomic E-state index is -4.35. The molecule has 0 aromatic heterocycles. The third kappa shape index (κ3) is 3.73. The predicted octanol–water partition coefficient (Wildman–Crippen LogP) is 3.83. The Balaban J connectivity index is 3.19. The Kier molecular flexibility index (Phi) is 6.02. The van der Waals surface area contributed by atoms with Crippen LogP contribution in [0.1, 0.15) is 43.9 Å². The summed E-state index contributed by atoms with van der Waals surface area (Å²) in [6, 6.07) is 5.51. The molecule has 114 valence electrons. The van der Waals surface area contributed by atoms with Crippen molar-refractivity contribution in [3.05, 3.63) is 35.4 Å². The monoisotopic (exact) mass is 288 g/mol. The summed E-state index contributed by atoms with van der Waals surface area (Å²) in [4.78, 5) is 1.96. The molecule has 0 bridgehead atoms. The van der Waals surface area contributed by atoms with Gasteiger partial charge in [-0.3, -0.25) is 4.90 Å². The van der Waals surface area contributed by atoms with Crippen molar-refractivity contribution < 1.29 is 13.2 Å². The molecule has 20 heavy (non-hydrogen) atoms. The van der Waals surface area contributed by atoms with Crippen LogP contribution in [0.2, 0.25) is 0 Å². The SMILES string of the molecule is CCC(CC)N(C)C(CN)c1ccccc1C(F)(F)F. The Morgan fingerprint density at radius 1 is 1.15 bits per heavy atom. The first-order valence-corrected chi connectivity index (χ1v) is 6.94. The summed E-state index contributed by atoms with van der Waals surface area (Å²) in [5.74, 6) is 0. The van der Waals surface area contributed by atoms with E-state index in [2.05, 4.69) is 0 Å². The molecule has 0 radical (unpaired) electrons. The maximum atomic E-state index is 13.1. The van der Waals surface area contributed by atoms with Gasteiger partial charge < -0.3 is 5.73 Å². The Labute approximate surface area is 118 Å². The van der Waals surface area contributed by atoms with Crippen LogP contribution in [-0.4, -0.2) is 24.5 Å². The van der Waals surface area contributed by atoms with Crippen LogP contribution >= 0.6 is 0 Å². The molecule has 1 aromatic rings. The van der Waals surface area contributed by atoms with E-state index in [0.717, 1.165) is 18.9 Å². The molecule has 0 saturated heterocycles. The number of nitrogens with two attached hydrogens (primary N) is 1. The highest BCUT2D eigenvalue weighted by Crippen LogP contribution is 2.36. The molecule has 1 unspecified atom stereocenters. The van der Waals surface area contributed by atoms with Gasteiger partial charge >= 0.3 is 6.18 Å². The molecule has 0 aliphatic carbocycles. The van der Waals surface area contributed by atoms with Gasteiger partial charge in [-0.1, -0.05) is 32.0 Å². The highest BCUT2D eigenvalue weighted by atomic mass is 19.4. The Morgan fingerprint density at radius 2 is 1.70 bits per heavy atom. The maximum absolute atomic E-state index is 13.1. The highest BCUT2D eigenvalue weighted by Gasteiger charge is 2.36. The largest absolute Gasteiger partial charge is 0.416 e. The van der Waals surface area contributed by atoms with Crippen LogP contribution in [0, 0.1) is 0 Å². The van der Waals surface area contributed by atoms with E-state index in [-0.39, 0.29) is 18.2 Å². The summed E-state index contributed by atoms with van der Waals surface area (Å²) in [6.45, 7) is 4.24. The van der Waals surface area contributed by atoms with E-state index in [1.807, 2.05) is 25.8 Å². The Hall–Kier alpha value is -1.07. The van der Waals surface area contributed by atoms with Crippen LogP contribution in [0.3, 0.4) is 0 Å². The number of alkyl halides is 3. The van der Waals surface area contributed by atoms with Gasteiger partial charge in [-0.2, -0.15) is 13.2 Å². The molecule has 2 N–H and O–H groups in total. The van der Waals surface area contributed by atoms with E-state index in [4.69, 9.17) is 5.73 Å². The third-order valence-electron chi connectivity index (χ3n) is 3.86. The van der Waals surface area contributed by atoms with Crippen LogP contribution in [0.5, 0.6) is 0 Å². The number of rotatable bonds is 6. The molecule has 0 heterocycles. The van der Waals surface area contributed by atoms with E-state index in [1.165, 1.54) is 12.1 Å². The first-order chi connectivity index (χ1) is 9.36. The average Bonchev–Trinajstić information content (AvgIpc) is 2.40. The van der Waals surface area contributed by atoms with Gasteiger partial charge in [0.25, 0.3) is 0 Å². The molecule has 0 fully saturated rings. The van der Waals surface area contributed by atoms with Crippen LogP contribution < -0.4 is 5.73 Å². The van der Waals surface area contributed by atoms with Crippen molar-refractivity contribution in [1.82, 2.24) is 4.90 Å². The van der Waals surface area contributed by atoms with E-state index < -0.39 is 17.8 Å². The van der Waals surface area contributed by atoms with Crippen molar-refractivity contribution in [2.45, 2.75) is 44.9 Å². The summed E-state index contributed by atoms with van der Waals surface area (Å²) < 4.78 is 39.3. The van der Waals surface area contributed by atoms with Gasteiger partial charge in [0, 0.05) is 18.6 Å². The molecule has 0 spiro atoms. The number of likely N-dealkylation sites (N-methyl/N-ethyl adjacent to an activating group) is 1. The smallest absolute Gasteiger partial charge is 0.329 e. The van der Waals surface area contributed by atoms with Crippen molar-refractivity contribution in [2.24, 2.45) is 5.73 Å². The predicted molar refractivity (Wildman–Crippen MR) is 75.4 cm³/mol. The lowest BCUT2D eigenvalue weighted by Gasteiger charge is -2.35. The number of halogens is 3. The lowest BCUT2D eigenvalue weighted by atomic mass is 9.96. The molecule has 1 aromatic carbocycles. The molecule has 2 nitrogen and oxygen atoms in total. The number of nitrogens with zero attached hydrogens (tertiary/aromatic N) is 1. The fourth-order valence-corrected chi connectivity index (χ4v) is 2.68. The van der Waals surface area contributed by atoms with E-state index in [0.29, 0.717) is 0 Å². The zero-order valence-corrected chi connectivity index (χ0v) is 12.2. The minimum Gasteiger partial charge on any atom is -0.329 e. The van der Waals surface area contributed by atoms with Crippen molar-refractivity contribution >= 4 is 0 Å². The number of hydrogen-bond acceptors (Lipinski definition) is 2. The van der Waals surface area contributed by atoms with Gasteiger partial charge in [0.05, 0.1) is 5.56 Å². The molecule has 5 heteroatoms. The van der Waals surface area contributed by atoms with Gasteiger partial charge in [0.15, 0.2) is 0 Å². The second kappa shape index (κ2) is 7.09. The summed E-state index contributed by atoms with van der Waals surface area (Å²) in [5, 5.41) is 0. The zero-order chi connectivity index (χ0) is 15.3. The molecule has 0 aliphatic rings. The van der Waals surface area contributed by atoms with Crippen molar-refractivity contribution in [3.8, 4) is 0 Å². The molecular weight excluding hydrogens is 265 g/mol. The second-order valence-electron chi connectivity index (χ2n) is 4.97. The van der Waals surface area contributed by atoms with Crippen molar-refractivity contribution in [3.63, 3.8) is 0 Å². The summed E-state index contributed by atoms with van der Waals surface area (Å²) in [6.07, 6.45) is -2.58. The Bertz CT molecular complexity index is 414. The second-order valence-corrected chi connectivity index (χ2v) is 4.97. The molecule has 0 aliphatic heterocycles. The lowest BCUT2D eigenvalue weighted by molar-refractivity contribution is -0.138. The van der Waals surface area contributed by atoms with Crippen molar-refractivity contribution in [2.75, 3.05) is 13.6 Å². The van der Waals surface area contributed by atoms with Gasteiger partial charge in [0.2, 0.25) is 0 Å². The first kappa shape index (κ1) is 17.0. The van der Waals surface area contributed by atoms with E-state index in [1.54, 1.807) is 6.07 Å². The maximum Gasteiger partial charge on any atom is 0.416 e. The number of hydrogen-bond donors (Lipinski definition) is 1. The van der Waals surface area contributed by atoms with Gasteiger partial charge in [-0.15, -0.1) is 0 Å². The molecule has 1 rings (SSSR count). The van der Waals surface area contributed by atoms with Crippen LogP contribution in [0.15, 0.2) is 24.3 Å². The quantitative estimate of drug-likeness (QED) is 0.862. The molecule has 1 atom stereocenters. The van der Waals surface area contributed by atoms with Gasteiger partial charge in [-0.05, 0) is 31.5 Å². The van der Waals surface area contributed by atoms with E-state index in [9.17, 15) is 13.2 Å². The zero-order valence-electron chi connectivity index (χ0n) is 12.2. The van der Waals surface area contributed by atoms with Crippen LogP contribution in [0.4, 0.5) is 13.2 Å².